The molecule has 0 N–H and O–H groups in total. The third kappa shape index (κ3) is 3.45. The van der Waals surface area contributed by atoms with Crippen LogP contribution in [-0.2, 0) is 4.74 Å². The number of carbonyl (C=O) groups is 1. The third-order valence-electron chi connectivity index (χ3n) is 1.94. The Morgan fingerprint density at radius 1 is 1.53 bits per heavy atom. The molecule has 4 heteroatoms. The summed E-state index contributed by atoms with van der Waals surface area (Å²) in [5.41, 5.74) is 0.576. The molecule has 1 heterocycles. The van der Waals surface area contributed by atoms with Crippen LogP contribution in [0.1, 0.15) is 27.7 Å². The molecule has 15 heavy (non-hydrogen) atoms. The summed E-state index contributed by atoms with van der Waals surface area (Å²) in [6, 6.07) is 0. The molecule has 1 rings (SSSR count). The monoisotopic (exact) mass is 229 g/mol. The molecule has 0 spiro atoms. The largest absolute Gasteiger partial charge is 0.444 e. The van der Waals surface area contributed by atoms with E-state index in [-0.39, 0.29) is 11.5 Å². The number of carbonyl (C=O) groups excluding carboxylic acids is 1. The Bertz CT molecular complexity index is 270. The van der Waals surface area contributed by atoms with Crippen molar-refractivity contribution in [3.05, 3.63) is 12.2 Å². The van der Waals surface area contributed by atoms with E-state index >= 15 is 0 Å². The zero-order valence-corrected chi connectivity index (χ0v) is 10.7. The fourth-order valence-electron chi connectivity index (χ4n) is 1.39. The maximum Gasteiger partial charge on any atom is 0.411 e. The molecule has 1 amide bonds. The molecular weight excluding hydrogens is 210 g/mol. The van der Waals surface area contributed by atoms with Crippen molar-refractivity contribution in [2.75, 3.05) is 12.3 Å². The van der Waals surface area contributed by atoms with Crippen LogP contribution >= 0.6 is 11.8 Å². The molecule has 0 bridgehead atoms. The van der Waals surface area contributed by atoms with Gasteiger partial charge in [0.25, 0.3) is 0 Å². The Kier molecular flexibility index (Phi) is 3.71. The highest BCUT2D eigenvalue weighted by Gasteiger charge is 2.32. The first-order chi connectivity index (χ1) is 6.81. The van der Waals surface area contributed by atoms with E-state index in [9.17, 15) is 4.79 Å². The summed E-state index contributed by atoms with van der Waals surface area (Å²) >= 11 is 1.74. The Labute approximate surface area is 95.9 Å². The second-order valence-corrected chi connectivity index (χ2v) is 5.93. The van der Waals surface area contributed by atoms with Gasteiger partial charge in [-0.1, -0.05) is 6.58 Å². The molecule has 0 unspecified atom stereocenters. The first-order valence-corrected chi connectivity index (χ1v) is 6.13. The average Bonchev–Trinajstić information content (AvgIpc) is 2.47. The maximum atomic E-state index is 11.8. The third-order valence-corrected chi connectivity index (χ3v) is 3.33. The van der Waals surface area contributed by atoms with Gasteiger partial charge in [0.2, 0.25) is 0 Å². The second-order valence-electron chi connectivity index (χ2n) is 4.74. The molecule has 1 aliphatic rings. The van der Waals surface area contributed by atoms with Gasteiger partial charge in [-0.15, -0.1) is 11.8 Å². The van der Waals surface area contributed by atoms with Gasteiger partial charge in [-0.3, -0.25) is 4.90 Å². The Hall–Kier alpha value is -0.640. The molecule has 0 radical (unpaired) electrons. The van der Waals surface area contributed by atoms with Gasteiger partial charge in [-0.2, -0.15) is 0 Å². The Balaban J connectivity index is 2.63. The van der Waals surface area contributed by atoms with E-state index in [1.807, 2.05) is 27.7 Å². The normalized spacial score (nSPS) is 21.6. The van der Waals surface area contributed by atoms with Crippen molar-refractivity contribution in [3.8, 4) is 0 Å². The lowest BCUT2D eigenvalue weighted by molar-refractivity contribution is 0.0272. The Morgan fingerprint density at radius 2 is 2.13 bits per heavy atom. The smallest absolute Gasteiger partial charge is 0.411 e. The highest BCUT2D eigenvalue weighted by atomic mass is 32.2. The van der Waals surface area contributed by atoms with Crippen LogP contribution in [-0.4, -0.2) is 34.3 Å². The van der Waals surface area contributed by atoms with Gasteiger partial charge >= 0.3 is 6.09 Å². The predicted molar refractivity (Wildman–Crippen MR) is 64.0 cm³/mol. The number of nitrogens with zero attached hydrogens (tertiary/aromatic N) is 1. The van der Waals surface area contributed by atoms with E-state index in [1.54, 1.807) is 16.7 Å². The molecule has 0 saturated carbocycles. The summed E-state index contributed by atoms with van der Waals surface area (Å²) in [7, 11) is 0. The zero-order valence-electron chi connectivity index (χ0n) is 9.87. The second kappa shape index (κ2) is 4.47. The van der Waals surface area contributed by atoms with Crippen LogP contribution in [0.25, 0.3) is 0 Å². The number of hydrogen-bond donors (Lipinski definition) is 0. The molecule has 1 atom stereocenters. The summed E-state index contributed by atoms with van der Waals surface area (Å²) in [6.45, 7) is 12.2. The quantitative estimate of drug-likeness (QED) is 0.647. The fourth-order valence-corrected chi connectivity index (χ4v) is 2.57. The van der Waals surface area contributed by atoms with Gasteiger partial charge < -0.3 is 4.74 Å². The number of amides is 1. The van der Waals surface area contributed by atoms with Crippen LogP contribution in [0.4, 0.5) is 4.79 Å². The average molecular weight is 229 g/mol. The summed E-state index contributed by atoms with van der Waals surface area (Å²) in [4.78, 5) is 13.6. The zero-order chi connectivity index (χ0) is 11.6. The lowest BCUT2D eigenvalue weighted by Gasteiger charge is -2.28. The van der Waals surface area contributed by atoms with E-state index in [0.717, 1.165) is 17.9 Å². The summed E-state index contributed by atoms with van der Waals surface area (Å²) in [6.07, 6.45) is -0.236. The minimum atomic E-state index is -0.427. The highest BCUT2D eigenvalue weighted by Crippen LogP contribution is 2.29. The molecule has 0 aromatic carbocycles. The lowest BCUT2D eigenvalue weighted by atomic mass is 10.2. The van der Waals surface area contributed by atoms with E-state index in [0.29, 0.717) is 0 Å². The van der Waals surface area contributed by atoms with E-state index in [1.165, 1.54) is 0 Å². The van der Waals surface area contributed by atoms with Gasteiger partial charge in [0, 0.05) is 12.3 Å². The number of thioether (sulfide) groups is 1. The van der Waals surface area contributed by atoms with Crippen molar-refractivity contribution in [1.82, 2.24) is 4.90 Å². The topological polar surface area (TPSA) is 29.5 Å². The minimum Gasteiger partial charge on any atom is -0.444 e. The SMILES string of the molecule is C=C(C)[C@@H]1SCCN1C(=O)OC(C)(C)C. The van der Waals surface area contributed by atoms with Gasteiger partial charge in [0.05, 0.1) is 0 Å². The van der Waals surface area contributed by atoms with E-state index < -0.39 is 5.60 Å². The van der Waals surface area contributed by atoms with Crippen molar-refractivity contribution in [1.29, 1.82) is 0 Å². The molecular formula is C11H19NO2S. The molecule has 86 valence electrons. The van der Waals surface area contributed by atoms with Crippen LogP contribution in [0.2, 0.25) is 0 Å². The summed E-state index contributed by atoms with van der Waals surface area (Å²) < 4.78 is 5.33. The highest BCUT2D eigenvalue weighted by molar-refractivity contribution is 8.00. The van der Waals surface area contributed by atoms with Crippen molar-refractivity contribution >= 4 is 17.9 Å². The first kappa shape index (κ1) is 12.4. The minimum absolute atomic E-state index is 0.0832. The fraction of sp³-hybridized carbons (Fsp3) is 0.727. The van der Waals surface area contributed by atoms with Gasteiger partial charge in [0.15, 0.2) is 0 Å². The standard InChI is InChI=1S/C11H19NO2S/c1-8(2)9-12(6-7-15-9)10(13)14-11(3,4)5/h9H,1,6-7H2,2-5H3/t9-/m0/s1. The van der Waals surface area contributed by atoms with E-state index in [4.69, 9.17) is 4.74 Å². The first-order valence-electron chi connectivity index (χ1n) is 5.08. The molecule has 3 nitrogen and oxygen atoms in total. The summed E-state index contributed by atoms with van der Waals surface area (Å²) in [5.74, 6) is 0.955. The summed E-state index contributed by atoms with van der Waals surface area (Å²) in [5, 5.41) is 0.0832. The molecule has 0 aromatic heterocycles. The maximum absolute atomic E-state index is 11.8. The lowest BCUT2D eigenvalue weighted by Crippen LogP contribution is -2.39. The van der Waals surface area contributed by atoms with Gasteiger partial charge in [-0.05, 0) is 33.3 Å². The van der Waals surface area contributed by atoms with Gasteiger partial charge in [-0.25, -0.2) is 4.79 Å². The van der Waals surface area contributed by atoms with Crippen LogP contribution in [0.5, 0.6) is 0 Å². The molecule has 1 aliphatic heterocycles. The van der Waals surface area contributed by atoms with Crippen molar-refractivity contribution in [2.24, 2.45) is 0 Å². The van der Waals surface area contributed by atoms with Crippen LogP contribution < -0.4 is 0 Å². The molecule has 1 saturated heterocycles. The Morgan fingerprint density at radius 3 is 2.60 bits per heavy atom. The number of ether oxygens (including phenoxy) is 1. The van der Waals surface area contributed by atoms with Crippen molar-refractivity contribution < 1.29 is 9.53 Å². The molecule has 1 fully saturated rings. The van der Waals surface area contributed by atoms with E-state index in [2.05, 4.69) is 6.58 Å². The van der Waals surface area contributed by atoms with Crippen LogP contribution in [0, 0.1) is 0 Å². The number of hydrogen-bond acceptors (Lipinski definition) is 3. The number of rotatable bonds is 1. The van der Waals surface area contributed by atoms with Crippen LogP contribution in [0.15, 0.2) is 12.2 Å². The van der Waals surface area contributed by atoms with Crippen molar-refractivity contribution in [2.45, 2.75) is 38.7 Å². The molecule has 0 aliphatic carbocycles. The van der Waals surface area contributed by atoms with Crippen LogP contribution in [0.3, 0.4) is 0 Å². The van der Waals surface area contributed by atoms with Gasteiger partial charge in [0.1, 0.15) is 11.0 Å². The van der Waals surface area contributed by atoms with Crippen molar-refractivity contribution in [3.63, 3.8) is 0 Å². The predicted octanol–water partition coefficient (Wildman–Crippen LogP) is 2.87. The molecule has 0 aromatic rings.